The summed E-state index contributed by atoms with van der Waals surface area (Å²) in [5, 5.41) is 4.39. The molecule has 6 unspecified atom stereocenters. The summed E-state index contributed by atoms with van der Waals surface area (Å²) >= 11 is 4.10. The highest BCUT2D eigenvalue weighted by atomic mass is 32.2. The zero-order valence-corrected chi connectivity index (χ0v) is 23.6. The van der Waals surface area contributed by atoms with Crippen molar-refractivity contribution in [1.29, 1.82) is 0 Å². The zero-order chi connectivity index (χ0) is 25.8. The van der Waals surface area contributed by atoms with Crippen LogP contribution < -0.4 is 5.32 Å². The zero-order valence-electron chi connectivity index (χ0n) is 22.0. The van der Waals surface area contributed by atoms with E-state index in [9.17, 15) is 0 Å². The Bertz CT molecular complexity index is 1520. The number of benzene rings is 1. The highest BCUT2D eigenvalue weighted by molar-refractivity contribution is 8.04. The molecule has 1 aromatic rings. The van der Waals surface area contributed by atoms with Crippen molar-refractivity contribution < 1.29 is 0 Å². The lowest BCUT2D eigenvalue weighted by Crippen LogP contribution is -2.28. The average Bonchev–Trinajstić information content (AvgIpc) is 3.57. The molecule has 1 N–H and O–H groups in total. The first-order valence-electron chi connectivity index (χ1n) is 14.4. The molecular weight excluding hydrogens is 511 g/mol. The number of thioether (sulfide) groups is 2. The molecule has 0 bridgehead atoms. The first-order valence-corrected chi connectivity index (χ1v) is 16.1. The van der Waals surface area contributed by atoms with Crippen LogP contribution in [0.25, 0.3) is 0 Å². The lowest BCUT2D eigenvalue weighted by Gasteiger charge is -2.28. The second-order valence-corrected chi connectivity index (χ2v) is 13.8. The molecule has 2 aliphatic heterocycles. The first kappa shape index (κ1) is 24.0. The number of nitrogens with one attached hydrogen (secondary N) is 1. The van der Waals surface area contributed by atoms with E-state index >= 15 is 0 Å². The average molecular weight is 544 g/mol. The minimum atomic E-state index is 0.360. The Labute approximate surface area is 240 Å². The Morgan fingerprint density at radius 3 is 2.46 bits per heavy atom. The van der Waals surface area contributed by atoms with Gasteiger partial charge in [0.2, 0.25) is 0 Å². The third kappa shape index (κ3) is 4.26. The largest absolute Gasteiger partial charge is 0.379 e. The van der Waals surface area contributed by atoms with Crippen LogP contribution in [0.5, 0.6) is 0 Å². The van der Waals surface area contributed by atoms with Gasteiger partial charge in [-0.3, -0.25) is 0 Å². The fourth-order valence-corrected chi connectivity index (χ4v) is 10.1. The SMILES string of the molecule is C1=CC2SC3=C(C=CCC3C3=CCC(NC4=CCC(C5=C6Sc7ccccc7C6CC=C5)C=C4)C=C3)C2C=C1. The fraction of sp³-hybridized carbons (Fsp3) is 0.278. The van der Waals surface area contributed by atoms with Crippen molar-refractivity contribution in [2.24, 2.45) is 17.8 Å². The molecule has 0 saturated carbocycles. The molecule has 1 aromatic carbocycles. The van der Waals surface area contributed by atoms with E-state index in [0.29, 0.717) is 35.0 Å². The summed E-state index contributed by atoms with van der Waals surface area (Å²) in [6.07, 6.45) is 37.6. The van der Waals surface area contributed by atoms with E-state index in [1.807, 2.05) is 11.8 Å². The van der Waals surface area contributed by atoms with Gasteiger partial charge in [-0.15, -0.1) is 11.8 Å². The van der Waals surface area contributed by atoms with Gasteiger partial charge in [-0.2, -0.15) is 0 Å². The fourth-order valence-electron chi connectivity index (χ4n) is 7.14. The molecule has 1 nitrogen and oxygen atoms in total. The van der Waals surface area contributed by atoms with Gasteiger partial charge in [0.15, 0.2) is 0 Å². The predicted octanol–water partition coefficient (Wildman–Crippen LogP) is 9.08. The van der Waals surface area contributed by atoms with E-state index in [4.69, 9.17) is 0 Å². The van der Waals surface area contributed by atoms with Crippen LogP contribution in [-0.2, 0) is 0 Å². The monoisotopic (exact) mass is 543 g/mol. The molecule has 0 radical (unpaired) electrons. The van der Waals surface area contributed by atoms with Crippen LogP contribution in [0.4, 0.5) is 0 Å². The maximum absolute atomic E-state index is 3.81. The van der Waals surface area contributed by atoms with E-state index in [1.54, 1.807) is 15.4 Å². The summed E-state index contributed by atoms with van der Waals surface area (Å²) in [6.45, 7) is 0. The molecule has 0 fully saturated rings. The Balaban J connectivity index is 0.918. The molecule has 0 aromatic heterocycles. The van der Waals surface area contributed by atoms with Crippen molar-refractivity contribution in [3.63, 3.8) is 0 Å². The Hall–Kier alpha value is -2.88. The minimum absolute atomic E-state index is 0.360. The third-order valence-corrected chi connectivity index (χ3v) is 12.0. The smallest absolute Gasteiger partial charge is 0.0482 e. The van der Waals surface area contributed by atoms with Crippen LogP contribution in [0.15, 0.2) is 146 Å². The maximum Gasteiger partial charge on any atom is 0.0482 e. The third-order valence-electron chi connectivity index (χ3n) is 9.14. The second-order valence-electron chi connectivity index (χ2n) is 11.4. The van der Waals surface area contributed by atoms with Crippen molar-refractivity contribution in [3.05, 3.63) is 147 Å². The summed E-state index contributed by atoms with van der Waals surface area (Å²) in [4.78, 5) is 4.63. The predicted molar refractivity (Wildman–Crippen MR) is 167 cm³/mol. The van der Waals surface area contributed by atoms with Crippen LogP contribution in [0.2, 0.25) is 0 Å². The molecule has 0 amide bonds. The van der Waals surface area contributed by atoms with Crippen LogP contribution in [0.1, 0.15) is 37.2 Å². The summed E-state index contributed by atoms with van der Waals surface area (Å²) in [5.74, 6) is 2.11. The van der Waals surface area contributed by atoms with Gasteiger partial charge in [0.05, 0.1) is 0 Å². The van der Waals surface area contributed by atoms with Gasteiger partial charge in [0.1, 0.15) is 0 Å². The minimum Gasteiger partial charge on any atom is -0.379 e. The summed E-state index contributed by atoms with van der Waals surface area (Å²) in [6, 6.07) is 9.33. The number of hydrogen-bond donors (Lipinski definition) is 1. The standard InChI is InChI=1S/C36H33NS2/c1-3-13-33-29(7-1)31-11-5-9-27(35(31)38-33)23-15-19-25(20-16-23)37-26-21-17-24(18-22-26)28-10-6-12-32-30-8-2-4-14-34(30)39-36(28)32/h1-9,12-15,17-21,23,26,28,30-31,34,37H,10-11,16,22H2. The number of hydrogen-bond acceptors (Lipinski definition) is 3. The van der Waals surface area contributed by atoms with Gasteiger partial charge in [-0.25, -0.2) is 0 Å². The van der Waals surface area contributed by atoms with Gasteiger partial charge < -0.3 is 5.32 Å². The van der Waals surface area contributed by atoms with E-state index in [2.05, 4.69) is 126 Å². The summed E-state index contributed by atoms with van der Waals surface area (Å²) < 4.78 is 0. The molecule has 0 spiro atoms. The molecule has 0 saturated heterocycles. The molecule has 194 valence electrons. The molecule has 8 rings (SSSR count). The molecule has 2 heterocycles. The normalized spacial score (nSPS) is 33.5. The number of fused-ring (bicyclic) bond motifs is 5. The molecular formula is C36H33NS2. The highest BCUT2D eigenvalue weighted by Crippen LogP contribution is 2.55. The van der Waals surface area contributed by atoms with E-state index in [0.717, 1.165) is 25.7 Å². The summed E-state index contributed by atoms with van der Waals surface area (Å²) in [7, 11) is 0. The first-order chi connectivity index (χ1) is 19.3. The number of allylic oxidation sites excluding steroid dienone is 16. The summed E-state index contributed by atoms with van der Waals surface area (Å²) in [5.41, 5.74) is 7.36. The molecule has 6 atom stereocenters. The molecule has 39 heavy (non-hydrogen) atoms. The van der Waals surface area contributed by atoms with Gasteiger partial charge in [0, 0.05) is 50.5 Å². The molecule has 5 aliphatic carbocycles. The topological polar surface area (TPSA) is 12.0 Å². The second kappa shape index (κ2) is 9.94. The number of rotatable bonds is 4. The van der Waals surface area contributed by atoms with Crippen LogP contribution in [0, 0.1) is 17.8 Å². The highest BCUT2D eigenvalue weighted by Gasteiger charge is 2.38. The van der Waals surface area contributed by atoms with Gasteiger partial charge >= 0.3 is 0 Å². The van der Waals surface area contributed by atoms with Crippen molar-refractivity contribution in [2.75, 3.05) is 0 Å². The lowest BCUT2D eigenvalue weighted by atomic mass is 9.81. The molecule has 7 aliphatic rings. The van der Waals surface area contributed by atoms with Crippen LogP contribution >= 0.6 is 23.5 Å². The Morgan fingerprint density at radius 2 is 1.59 bits per heavy atom. The van der Waals surface area contributed by atoms with E-state index in [-0.39, 0.29) is 0 Å². The van der Waals surface area contributed by atoms with Crippen molar-refractivity contribution in [3.8, 4) is 0 Å². The quantitative estimate of drug-likeness (QED) is 0.407. The Kier molecular flexibility index (Phi) is 6.11. The van der Waals surface area contributed by atoms with Gasteiger partial charge in [-0.05, 0) is 65.0 Å². The lowest BCUT2D eigenvalue weighted by molar-refractivity contribution is 0.648. The molecule has 3 heteroatoms. The van der Waals surface area contributed by atoms with Crippen molar-refractivity contribution in [2.45, 2.75) is 47.8 Å². The van der Waals surface area contributed by atoms with Crippen LogP contribution in [0.3, 0.4) is 0 Å². The Morgan fingerprint density at radius 1 is 0.718 bits per heavy atom. The van der Waals surface area contributed by atoms with Gasteiger partial charge in [0.25, 0.3) is 0 Å². The van der Waals surface area contributed by atoms with E-state index < -0.39 is 0 Å². The van der Waals surface area contributed by atoms with Gasteiger partial charge in [-0.1, -0.05) is 109 Å². The van der Waals surface area contributed by atoms with Crippen molar-refractivity contribution >= 4 is 23.5 Å². The van der Waals surface area contributed by atoms with E-state index in [1.165, 1.54) is 27.3 Å². The van der Waals surface area contributed by atoms with Crippen LogP contribution in [-0.4, -0.2) is 11.3 Å². The van der Waals surface area contributed by atoms with Crippen molar-refractivity contribution in [1.82, 2.24) is 5.32 Å². The maximum atomic E-state index is 3.81.